The summed E-state index contributed by atoms with van der Waals surface area (Å²) in [5, 5.41) is 0. The van der Waals surface area contributed by atoms with Crippen molar-refractivity contribution in [3.8, 4) is 0 Å². The first-order chi connectivity index (χ1) is 11.2. The van der Waals surface area contributed by atoms with Crippen LogP contribution < -0.4 is 5.73 Å². The zero-order chi connectivity index (χ0) is 16.1. The van der Waals surface area contributed by atoms with Crippen molar-refractivity contribution in [3.63, 3.8) is 0 Å². The van der Waals surface area contributed by atoms with Gasteiger partial charge in [-0.1, -0.05) is 30.3 Å². The van der Waals surface area contributed by atoms with Crippen LogP contribution in [-0.2, 0) is 11.3 Å². The van der Waals surface area contributed by atoms with Crippen LogP contribution in [0.3, 0.4) is 0 Å². The molecular weight excluding hydrogens is 290 g/mol. The van der Waals surface area contributed by atoms with Crippen molar-refractivity contribution in [2.75, 3.05) is 18.8 Å². The van der Waals surface area contributed by atoms with Crippen LogP contribution in [-0.4, -0.2) is 35.0 Å². The maximum Gasteiger partial charge on any atom is 0.357 e. The van der Waals surface area contributed by atoms with Gasteiger partial charge in [0.25, 0.3) is 0 Å². The fraction of sp³-hybridized carbons (Fsp3) is 0.333. The third-order valence-corrected chi connectivity index (χ3v) is 4.05. The Hall–Kier alpha value is -2.40. The van der Waals surface area contributed by atoms with Gasteiger partial charge in [-0.05, 0) is 30.5 Å². The molecule has 0 spiro atoms. The Labute approximate surface area is 136 Å². The van der Waals surface area contributed by atoms with Crippen molar-refractivity contribution in [1.82, 2.24) is 9.88 Å². The molecule has 0 saturated carbocycles. The lowest BCUT2D eigenvalue weighted by atomic mass is 10.1. The lowest BCUT2D eigenvalue weighted by Gasteiger charge is -2.31. The molecule has 1 fully saturated rings. The van der Waals surface area contributed by atoms with Crippen LogP contribution in [0.2, 0.25) is 0 Å². The van der Waals surface area contributed by atoms with Crippen LogP contribution in [0.5, 0.6) is 0 Å². The Morgan fingerprint density at radius 2 is 1.91 bits per heavy atom. The number of nitrogens with zero attached hydrogens (tertiary/aromatic N) is 2. The summed E-state index contributed by atoms with van der Waals surface area (Å²) in [4.78, 5) is 18.5. The molecule has 1 aliphatic rings. The number of esters is 1. The molecule has 0 aliphatic carbocycles. The van der Waals surface area contributed by atoms with E-state index in [0.717, 1.165) is 32.5 Å². The van der Waals surface area contributed by atoms with E-state index in [9.17, 15) is 4.79 Å². The molecular formula is C18H21N3O2. The third-order valence-electron chi connectivity index (χ3n) is 4.05. The van der Waals surface area contributed by atoms with Crippen molar-refractivity contribution in [3.05, 3.63) is 59.9 Å². The number of hydrogen-bond donors (Lipinski definition) is 1. The molecule has 2 N–H and O–H groups in total. The average molecular weight is 311 g/mol. The number of anilines is 1. The van der Waals surface area contributed by atoms with Gasteiger partial charge in [0, 0.05) is 19.6 Å². The van der Waals surface area contributed by atoms with E-state index in [0.29, 0.717) is 11.4 Å². The van der Waals surface area contributed by atoms with E-state index in [1.54, 1.807) is 12.1 Å². The van der Waals surface area contributed by atoms with Gasteiger partial charge in [-0.3, -0.25) is 4.90 Å². The molecule has 2 aromatic rings. The minimum Gasteiger partial charge on any atom is -0.458 e. The standard InChI is InChI=1S/C18H21N3O2/c19-15-6-7-17(20-12-15)18(22)23-16-8-10-21(11-9-16)13-14-4-2-1-3-5-14/h1-7,12,16H,8-11,13,19H2. The summed E-state index contributed by atoms with van der Waals surface area (Å²) in [6.45, 7) is 2.81. The highest BCUT2D eigenvalue weighted by Crippen LogP contribution is 2.17. The second-order valence-electron chi connectivity index (χ2n) is 5.84. The highest BCUT2D eigenvalue weighted by molar-refractivity contribution is 5.87. The maximum atomic E-state index is 12.1. The maximum absolute atomic E-state index is 12.1. The fourth-order valence-electron chi connectivity index (χ4n) is 2.76. The zero-order valence-electron chi connectivity index (χ0n) is 13.0. The molecule has 2 heterocycles. The summed E-state index contributed by atoms with van der Waals surface area (Å²) in [6, 6.07) is 13.7. The molecule has 0 unspecified atom stereocenters. The molecule has 0 amide bonds. The SMILES string of the molecule is Nc1ccc(C(=O)OC2CCN(Cc3ccccc3)CC2)nc1. The lowest BCUT2D eigenvalue weighted by molar-refractivity contribution is 0.00982. The molecule has 120 valence electrons. The molecule has 0 atom stereocenters. The molecule has 1 aromatic heterocycles. The second kappa shape index (κ2) is 7.24. The number of hydrogen-bond acceptors (Lipinski definition) is 5. The van der Waals surface area contributed by atoms with Gasteiger partial charge in [-0.15, -0.1) is 0 Å². The Bertz CT molecular complexity index is 635. The smallest absolute Gasteiger partial charge is 0.357 e. The molecule has 1 aromatic carbocycles. The van der Waals surface area contributed by atoms with E-state index in [-0.39, 0.29) is 12.1 Å². The topological polar surface area (TPSA) is 68.5 Å². The first-order valence-corrected chi connectivity index (χ1v) is 7.89. The van der Waals surface area contributed by atoms with Gasteiger partial charge in [0.1, 0.15) is 11.8 Å². The highest BCUT2D eigenvalue weighted by Gasteiger charge is 2.23. The number of carbonyl (C=O) groups excluding carboxylic acids is 1. The number of likely N-dealkylation sites (tertiary alicyclic amines) is 1. The fourth-order valence-corrected chi connectivity index (χ4v) is 2.76. The van der Waals surface area contributed by atoms with Crippen LogP contribution in [0, 0.1) is 0 Å². The van der Waals surface area contributed by atoms with E-state index in [4.69, 9.17) is 10.5 Å². The average Bonchev–Trinajstić information content (AvgIpc) is 2.58. The molecule has 0 bridgehead atoms. The molecule has 3 rings (SSSR count). The lowest BCUT2D eigenvalue weighted by Crippen LogP contribution is -2.37. The highest BCUT2D eigenvalue weighted by atomic mass is 16.5. The molecule has 5 heteroatoms. The Balaban J connectivity index is 1.47. The molecule has 23 heavy (non-hydrogen) atoms. The van der Waals surface area contributed by atoms with Crippen molar-refractivity contribution in [1.29, 1.82) is 0 Å². The van der Waals surface area contributed by atoms with Crippen LogP contribution in [0.15, 0.2) is 48.7 Å². The Kier molecular flexibility index (Phi) is 4.88. The van der Waals surface area contributed by atoms with Gasteiger partial charge >= 0.3 is 5.97 Å². The van der Waals surface area contributed by atoms with E-state index in [1.807, 2.05) is 6.07 Å². The third kappa shape index (κ3) is 4.29. The van der Waals surface area contributed by atoms with Crippen molar-refractivity contribution >= 4 is 11.7 Å². The Morgan fingerprint density at radius 1 is 1.17 bits per heavy atom. The summed E-state index contributed by atoms with van der Waals surface area (Å²) in [6.07, 6.45) is 3.15. The largest absolute Gasteiger partial charge is 0.458 e. The summed E-state index contributed by atoms with van der Waals surface area (Å²) in [5.74, 6) is -0.369. The van der Waals surface area contributed by atoms with Crippen molar-refractivity contribution < 1.29 is 9.53 Å². The van der Waals surface area contributed by atoms with Gasteiger partial charge in [-0.25, -0.2) is 9.78 Å². The van der Waals surface area contributed by atoms with Crippen LogP contribution >= 0.6 is 0 Å². The van der Waals surface area contributed by atoms with Gasteiger partial charge in [0.15, 0.2) is 0 Å². The minimum absolute atomic E-state index is 0.0334. The summed E-state index contributed by atoms with van der Waals surface area (Å²) < 4.78 is 5.55. The van der Waals surface area contributed by atoms with Crippen molar-refractivity contribution in [2.24, 2.45) is 0 Å². The van der Waals surface area contributed by atoms with E-state index >= 15 is 0 Å². The van der Waals surface area contributed by atoms with E-state index < -0.39 is 0 Å². The normalized spacial score (nSPS) is 16.2. The second-order valence-corrected chi connectivity index (χ2v) is 5.84. The van der Waals surface area contributed by atoms with E-state index in [1.165, 1.54) is 11.8 Å². The van der Waals surface area contributed by atoms with Gasteiger partial charge in [-0.2, -0.15) is 0 Å². The first-order valence-electron chi connectivity index (χ1n) is 7.89. The number of benzene rings is 1. The summed E-state index contributed by atoms with van der Waals surface area (Å²) >= 11 is 0. The number of aromatic nitrogens is 1. The number of nitrogen functional groups attached to an aromatic ring is 1. The molecule has 1 aliphatic heterocycles. The molecule has 1 saturated heterocycles. The van der Waals surface area contributed by atoms with Crippen LogP contribution in [0.4, 0.5) is 5.69 Å². The number of piperidine rings is 1. The van der Waals surface area contributed by atoms with Crippen LogP contribution in [0.1, 0.15) is 28.9 Å². The van der Waals surface area contributed by atoms with Gasteiger partial charge in [0.05, 0.1) is 11.9 Å². The Morgan fingerprint density at radius 3 is 2.57 bits per heavy atom. The quantitative estimate of drug-likeness (QED) is 0.879. The zero-order valence-corrected chi connectivity index (χ0v) is 13.0. The van der Waals surface area contributed by atoms with Gasteiger partial charge in [0.2, 0.25) is 0 Å². The number of ether oxygens (including phenoxy) is 1. The minimum atomic E-state index is -0.369. The van der Waals surface area contributed by atoms with Crippen molar-refractivity contribution in [2.45, 2.75) is 25.5 Å². The molecule has 0 radical (unpaired) electrons. The monoisotopic (exact) mass is 311 g/mol. The number of nitrogens with two attached hydrogens (primary N) is 1. The number of carbonyl (C=O) groups is 1. The predicted octanol–water partition coefficient (Wildman–Crippen LogP) is 2.49. The summed E-state index contributed by atoms with van der Waals surface area (Å²) in [7, 11) is 0. The number of rotatable bonds is 4. The number of pyridine rings is 1. The molecule has 5 nitrogen and oxygen atoms in total. The van der Waals surface area contributed by atoms with Crippen LogP contribution in [0.25, 0.3) is 0 Å². The van der Waals surface area contributed by atoms with Gasteiger partial charge < -0.3 is 10.5 Å². The first kappa shape index (κ1) is 15.5. The summed E-state index contributed by atoms with van der Waals surface area (Å²) in [5.41, 5.74) is 7.73. The van der Waals surface area contributed by atoms with E-state index in [2.05, 4.69) is 34.1 Å². The predicted molar refractivity (Wildman–Crippen MR) is 88.8 cm³/mol.